The molecule has 0 bridgehead atoms. The molecule has 0 unspecified atom stereocenters. The van der Waals surface area contributed by atoms with Crippen molar-refractivity contribution in [3.05, 3.63) is 90.3 Å². The molecule has 1 aromatic heterocycles. The van der Waals surface area contributed by atoms with Gasteiger partial charge in [0.05, 0.1) is 6.54 Å². The molecule has 0 aliphatic rings. The highest BCUT2D eigenvalue weighted by molar-refractivity contribution is 6.24. The van der Waals surface area contributed by atoms with Crippen LogP contribution in [0.1, 0.15) is 11.1 Å². The molecule has 2 nitrogen and oxygen atoms in total. The first-order valence-corrected chi connectivity index (χ1v) is 9.37. The maximum atomic E-state index is 5.62. The summed E-state index contributed by atoms with van der Waals surface area (Å²) in [6.07, 6.45) is 8.58. The Morgan fingerprint density at radius 1 is 0.741 bits per heavy atom. The van der Waals surface area contributed by atoms with Crippen LogP contribution in [-0.4, -0.2) is 6.54 Å². The zero-order chi connectivity index (χ0) is 18.2. The number of hydrogen-bond donors (Lipinski definition) is 1. The minimum Gasteiger partial charge on any atom is -0.325 e. The number of aromatic nitrogens is 1. The van der Waals surface area contributed by atoms with Crippen molar-refractivity contribution in [2.24, 2.45) is 5.73 Å². The Kier molecular flexibility index (Phi) is 3.84. The van der Waals surface area contributed by atoms with E-state index in [0.717, 1.165) is 6.54 Å². The molecule has 0 atom stereocenters. The number of benzene rings is 4. The van der Waals surface area contributed by atoms with Gasteiger partial charge in [0.2, 0.25) is 0 Å². The average Bonchev–Trinajstić information content (AvgIpc) is 2.72. The lowest BCUT2D eigenvalue weighted by atomic mass is 9.91. The van der Waals surface area contributed by atoms with Gasteiger partial charge in [0, 0.05) is 12.1 Å². The van der Waals surface area contributed by atoms with Crippen LogP contribution in [0, 0.1) is 0 Å². The maximum absolute atomic E-state index is 5.62. The van der Waals surface area contributed by atoms with Gasteiger partial charge < -0.3 is 5.73 Å². The number of nitrogens with two attached hydrogens (primary N) is 1. The summed E-state index contributed by atoms with van der Waals surface area (Å²) in [5.41, 5.74) is 8.06. The van der Waals surface area contributed by atoms with Crippen molar-refractivity contribution in [2.75, 3.05) is 6.54 Å². The number of hydrogen-bond acceptors (Lipinski definition) is 1. The van der Waals surface area contributed by atoms with E-state index in [1.54, 1.807) is 0 Å². The van der Waals surface area contributed by atoms with Gasteiger partial charge in [-0.2, -0.15) is 0 Å². The fourth-order valence-electron chi connectivity index (χ4n) is 3.99. The Bertz CT molecular complexity index is 1270. The van der Waals surface area contributed by atoms with Crippen LogP contribution < -0.4 is 10.3 Å². The van der Waals surface area contributed by atoms with Crippen molar-refractivity contribution in [2.45, 2.75) is 6.54 Å². The molecule has 2 N–H and O–H groups in total. The molecule has 27 heavy (non-hydrogen) atoms. The van der Waals surface area contributed by atoms with Gasteiger partial charge in [-0.25, -0.2) is 4.57 Å². The van der Waals surface area contributed by atoms with Crippen molar-refractivity contribution >= 4 is 44.5 Å². The van der Waals surface area contributed by atoms with Crippen LogP contribution in [0.2, 0.25) is 0 Å². The SMILES string of the molecule is NCC[n+]1ccc(/C=C/c2cc3cccc4ccc5cccc2c5c43)cc1. The largest absolute Gasteiger partial charge is 0.325 e. The van der Waals surface area contributed by atoms with Gasteiger partial charge >= 0.3 is 0 Å². The maximum Gasteiger partial charge on any atom is 0.169 e. The highest BCUT2D eigenvalue weighted by Gasteiger charge is 2.10. The Morgan fingerprint density at radius 2 is 1.44 bits per heavy atom. The summed E-state index contributed by atoms with van der Waals surface area (Å²) < 4.78 is 2.11. The van der Waals surface area contributed by atoms with E-state index in [9.17, 15) is 0 Å². The zero-order valence-electron chi connectivity index (χ0n) is 15.1. The van der Waals surface area contributed by atoms with Gasteiger partial charge in [-0.3, -0.25) is 0 Å². The van der Waals surface area contributed by atoms with E-state index < -0.39 is 0 Å². The molecular weight excluding hydrogens is 328 g/mol. The Hall–Kier alpha value is -3.23. The number of rotatable bonds is 4. The van der Waals surface area contributed by atoms with Gasteiger partial charge in [0.25, 0.3) is 0 Å². The topological polar surface area (TPSA) is 29.9 Å². The second-order valence-electron chi connectivity index (χ2n) is 7.01. The van der Waals surface area contributed by atoms with E-state index in [-0.39, 0.29) is 0 Å². The summed E-state index contributed by atoms with van der Waals surface area (Å²) in [6.45, 7) is 1.50. The number of pyridine rings is 1. The van der Waals surface area contributed by atoms with E-state index in [1.807, 2.05) is 0 Å². The Balaban J connectivity index is 1.66. The quantitative estimate of drug-likeness (QED) is 0.359. The van der Waals surface area contributed by atoms with E-state index in [4.69, 9.17) is 5.73 Å². The highest BCUT2D eigenvalue weighted by atomic mass is 14.9. The van der Waals surface area contributed by atoms with E-state index in [0.29, 0.717) is 6.54 Å². The van der Waals surface area contributed by atoms with Crippen molar-refractivity contribution in [3.8, 4) is 0 Å². The van der Waals surface area contributed by atoms with Gasteiger partial charge in [0.15, 0.2) is 18.9 Å². The van der Waals surface area contributed by atoms with Crippen molar-refractivity contribution < 1.29 is 4.57 Å². The van der Waals surface area contributed by atoms with Crippen LogP contribution in [0.5, 0.6) is 0 Å². The Morgan fingerprint density at radius 3 is 2.22 bits per heavy atom. The second-order valence-corrected chi connectivity index (χ2v) is 7.01. The minimum absolute atomic E-state index is 0.654. The molecular formula is C25H21N2+. The Labute approximate surface area is 158 Å². The van der Waals surface area contributed by atoms with E-state index in [2.05, 4.69) is 95.8 Å². The van der Waals surface area contributed by atoms with Crippen LogP contribution in [-0.2, 0) is 6.54 Å². The summed E-state index contributed by atoms with van der Waals surface area (Å²) in [5, 5.41) is 7.94. The molecule has 0 amide bonds. The summed E-state index contributed by atoms with van der Waals surface area (Å²) in [4.78, 5) is 0. The molecule has 0 aliphatic heterocycles. The normalized spacial score (nSPS) is 12.0. The van der Waals surface area contributed by atoms with Crippen LogP contribution in [0.25, 0.3) is 44.5 Å². The van der Waals surface area contributed by atoms with Gasteiger partial charge in [-0.1, -0.05) is 60.7 Å². The molecule has 0 saturated carbocycles. The van der Waals surface area contributed by atoms with Crippen LogP contribution >= 0.6 is 0 Å². The molecule has 0 fully saturated rings. The predicted octanol–water partition coefficient (Wildman–Crippen LogP) is 5.00. The first kappa shape index (κ1) is 16.0. The van der Waals surface area contributed by atoms with Gasteiger partial charge in [0.1, 0.15) is 0 Å². The monoisotopic (exact) mass is 349 g/mol. The van der Waals surface area contributed by atoms with Crippen molar-refractivity contribution in [1.29, 1.82) is 0 Å². The smallest absolute Gasteiger partial charge is 0.169 e. The lowest BCUT2D eigenvalue weighted by molar-refractivity contribution is -0.694. The van der Waals surface area contributed by atoms with Crippen molar-refractivity contribution in [1.82, 2.24) is 0 Å². The van der Waals surface area contributed by atoms with E-state index in [1.165, 1.54) is 43.4 Å². The molecule has 0 spiro atoms. The molecule has 2 heteroatoms. The average molecular weight is 349 g/mol. The van der Waals surface area contributed by atoms with Crippen LogP contribution in [0.3, 0.4) is 0 Å². The first-order chi connectivity index (χ1) is 13.3. The lowest BCUT2D eigenvalue weighted by Gasteiger charge is -2.12. The third-order valence-corrected chi connectivity index (χ3v) is 5.30. The molecule has 130 valence electrons. The third kappa shape index (κ3) is 2.75. The third-order valence-electron chi connectivity index (χ3n) is 5.30. The molecule has 0 saturated heterocycles. The molecule has 5 rings (SSSR count). The molecule has 5 aromatic rings. The van der Waals surface area contributed by atoms with Gasteiger partial charge in [-0.05, 0) is 49.5 Å². The highest BCUT2D eigenvalue weighted by Crippen LogP contribution is 2.36. The summed E-state index contributed by atoms with van der Waals surface area (Å²) >= 11 is 0. The minimum atomic E-state index is 0.654. The zero-order valence-corrected chi connectivity index (χ0v) is 15.1. The standard InChI is InChI=1S/C25H21N2/c26-13-16-27-14-11-18(12-15-27)7-8-21-17-22-5-1-3-19-9-10-20-4-2-6-23(21)25(20)24(19)22/h1-12,14-15,17H,13,16,26H2/q+1/b8-7+. The fraction of sp³-hybridized carbons (Fsp3) is 0.0800. The molecule has 1 heterocycles. The number of nitrogens with zero attached hydrogens (tertiary/aromatic N) is 1. The first-order valence-electron chi connectivity index (χ1n) is 9.37. The fourth-order valence-corrected chi connectivity index (χ4v) is 3.99. The summed E-state index contributed by atoms with van der Waals surface area (Å²) in [5.74, 6) is 0. The van der Waals surface area contributed by atoms with Crippen LogP contribution in [0.15, 0.2) is 79.1 Å². The molecule has 0 radical (unpaired) electrons. The van der Waals surface area contributed by atoms with Gasteiger partial charge in [-0.15, -0.1) is 0 Å². The lowest BCUT2D eigenvalue weighted by Crippen LogP contribution is -2.36. The molecule has 0 aliphatic carbocycles. The second kappa shape index (κ2) is 6.49. The van der Waals surface area contributed by atoms with Crippen molar-refractivity contribution in [3.63, 3.8) is 0 Å². The predicted molar refractivity (Wildman–Crippen MR) is 115 cm³/mol. The molecule has 4 aromatic carbocycles. The summed E-state index contributed by atoms with van der Waals surface area (Å²) in [6, 6.07) is 24.1. The van der Waals surface area contributed by atoms with E-state index >= 15 is 0 Å². The summed E-state index contributed by atoms with van der Waals surface area (Å²) in [7, 11) is 0. The van der Waals surface area contributed by atoms with Crippen LogP contribution in [0.4, 0.5) is 0 Å².